The number of aryl methyl sites for hydroxylation is 1. The fraction of sp³-hybridized carbons (Fsp3) is 0.105. The number of carbonyl (C=O) groups is 1. The zero-order valence-corrected chi connectivity index (χ0v) is 15.4. The number of hydrogen-bond donors (Lipinski definition) is 3. The summed E-state index contributed by atoms with van der Waals surface area (Å²) in [5, 5.41) is 15.9. The average Bonchev–Trinajstić information content (AvgIpc) is 2.61. The summed E-state index contributed by atoms with van der Waals surface area (Å²) in [6.45, 7) is 1.82. The van der Waals surface area contributed by atoms with Crippen molar-refractivity contribution in [1.82, 2.24) is 9.97 Å². The summed E-state index contributed by atoms with van der Waals surface area (Å²) in [6, 6.07) is 13.6. The van der Waals surface area contributed by atoms with Gasteiger partial charge in [-0.25, -0.2) is 9.78 Å². The molecule has 0 aliphatic heterocycles. The molecule has 7 nitrogen and oxygen atoms in total. The summed E-state index contributed by atoms with van der Waals surface area (Å²) < 4.78 is 5.14. The van der Waals surface area contributed by atoms with Gasteiger partial charge in [-0.1, -0.05) is 23.7 Å². The number of nitrogens with one attached hydrogen (secondary N) is 2. The minimum Gasteiger partial charge on any atom is -0.495 e. The number of carboxylic acid groups (broad SMARTS) is 1. The maximum Gasteiger partial charge on any atom is 0.337 e. The summed E-state index contributed by atoms with van der Waals surface area (Å²) in [7, 11) is 1.55. The van der Waals surface area contributed by atoms with E-state index in [-0.39, 0.29) is 5.56 Å². The Morgan fingerprint density at radius 1 is 1.11 bits per heavy atom. The lowest BCUT2D eigenvalue weighted by atomic mass is 10.2. The van der Waals surface area contributed by atoms with Crippen LogP contribution in [0, 0.1) is 6.92 Å². The molecule has 0 aliphatic carbocycles. The topological polar surface area (TPSA) is 96.4 Å². The molecule has 3 N–H and O–H groups in total. The van der Waals surface area contributed by atoms with Gasteiger partial charge in [0.25, 0.3) is 0 Å². The Labute approximate surface area is 161 Å². The number of carboxylic acids is 1. The van der Waals surface area contributed by atoms with Crippen molar-refractivity contribution in [2.24, 2.45) is 0 Å². The summed E-state index contributed by atoms with van der Waals surface area (Å²) in [4.78, 5) is 20.1. The van der Waals surface area contributed by atoms with E-state index < -0.39 is 5.97 Å². The number of anilines is 4. The predicted molar refractivity (Wildman–Crippen MR) is 105 cm³/mol. The SMILES string of the molecule is COc1ccc(Nc2nc(C)cc(Nc3ccccc3C(=O)O)n2)cc1Cl. The molecular weight excluding hydrogens is 368 g/mol. The predicted octanol–water partition coefficient (Wildman–Crippen LogP) is 4.63. The van der Waals surface area contributed by atoms with E-state index in [9.17, 15) is 9.90 Å². The fourth-order valence-electron chi connectivity index (χ4n) is 2.48. The third kappa shape index (κ3) is 4.45. The number of benzene rings is 2. The van der Waals surface area contributed by atoms with Gasteiger partial charge >= 0.3 is 5.97 Å². The molecule has 1 heterocycles. The highest BCUT2D eigenvalue weighted by molar-refractivity contribution is 6.32. The van der Waals surface area contributed by atoms with Crippen molar-refractivity contribution < 1.29 is 14.6 Å². The van der Waals surface area contributed by atoms with Gasteiger partial charge in [0.15, 0.2) is 0 Å². The van der Waals surface area contributed by atoms with E-state index >= 15 is 0 Å². The number of methoxy groups -OCH3 is 1. The van der Waals surface area contributed by atoms with Crippen molar-refractivity contribution in [1.29, 1.82) is 0 Å². The van der Waals surface area contributed by atoms with Crippen LogP contribution in [0.25, 0.3) is 0 Å². The molecule has 3 rings (SSSR count). The Morgan fingerprint density at radius 3 is 2.59 bits per heavy atom. The van der Waals surface area contributed by atoms with Crippen molar-refractivity contribution in [3.8, 4) is 5.75 Å². The number of ether oxygens (including phenoxy) is 1. The number of nitrogens with zero attached hydrogens (tertiary/aromatic N) is 2. The molecule has 0 saturated heterocycles. The first-order chi connectivity index (χ1) is 13.0. The monoisotopic (exact) mass is 384 g/mol. The normalized spacial score (nSPS) is 10.3. The standard InChI is InChI=1S/C19H17ClN4O3/c1-11-9-17(23-15-6-4-3-5-13(15)18(25)26)24-19(21-11)22-12-7-8-16(27-2)14(20)10-12/h3-10H,1-2H3,(H,25,26)(H2,21,22,23,24). The van der Waals surface area contributed by atoms with Gasteiger partial charge in [0.05, 0.1) is 23.4 Å². The van der Waals surface area contributed by atoms with Gasteiger partial charge in [0.2, 0.25) is 5.95 Å². The number of hydrogen-bond acceptors (Lipinski definition) is 6. The van der Waals surface area contributed by atoms with Gasteiger partial charge < -0.3 is 20.5 Å². The lowest BCUT2D eigenvalue weighted by molar-refractivity contribution is 0.0698. The van der Waals surface area contributed by atoms with E-state index in [0.717, 1.165) is 0 Å². The second kappa shape index (κ2) is 7.92. The summed E-state index contributed by atoms with van der Waals surface area (Å²) >= 11 is 6.14. The molecule has 0 unspecified atom stereocenters. The Balaban J connectivity index is 1.87. The molecule has 3 aromatic rings. The van der Waals surface area contributed by atoms with E-state index in [2.05, 4.69) is 20.6 Å². The molecule has 0 fully saturated rings. The van der Waals surface area contributed by atoms with Gasteiger partial charge in [-0.05, 0) is 37.3 Å². The third-order valence-electron chi connectivity index (χ3n) is 3.68. The number of para-hydroxylation sites is 1. The molecule has 1 aromatic heterocycles. The number of rotatable bonds is 6. The van der Waals surface area contributed by atoms with Crippen molar-refractivity contribution in [3.05, 3.63) is 64.8 Å². The molecule has 0 amide bonds. The molecule has 0 saturated carbocycles. The van der Waals surface area contributed by atoms with Gasteiger partial charge in [0.1, 0.15) is 11.6 Å². The lowest BCUT2D eigenvalue weighted by Crippen LogP contribution is -2.05. The summed E-state index contributed by atoms with van der Waals surface area (Å²) in [6.07, 6.45) is 0. The molecule has 8 heteroatoms. The van der Waals surface area contributed by atoms with Crippen molar-refractivity contribution in [2.45, 2.75) is 6.92 Å². The van der Waals surface area contributed by atoms with Crippen LogP contribution in [0.15, 0.2) is 48.5 Å². The minimum atomic E-state index is -1.02. The first-order valence-corrected chi connectivity index (χ1v) is 8.39. The molecule has 2 aromatic carbocycles. The summed E-state index contributed by atoms with van der Waals surface area (Å²) in [5.41, 5.74) is 2.01. The molecule has 138 valence electrons. The van der Waals surface area contributed by atoms with Crippen LogP contribution < -0.4 is 15.4 Å². The zero-order valence-electron chi connectivity index (χ0n) is 14.7. The van der Waals surface area contributed by atoms with E-state index in [1.165, 1.54) is 6.07 Å². The van der Waals surface area contributed by atoms with Crippen molar-refractivity contribution in [2.75, 3.05) is 17.7 Å². The molecule has 27 heavy (non-hydrogen) atoms. The first kappa shape index (κ1) is 18.5. The molecule has 0 spiro atoms. The maximum absolute atomic E-state index is 11.4. The van der Waals surface area contributed by atoms with E-state index in [0.29, 0.717) is 39.6 Å². The highest BCUT2D eigenvalue weighted by atomic mass is 35.5. The third-order valence-corrected chi connectivity index (χ3v) is 3.98. The Kier molecular flexibility index (Phi) is 5.42. The Bertz CT molecular complexity index is 994. The molecular formula is C19H17ClN4O3. The molecule has 0 radical (unpaired) electrons. The number of aromatic carboxylic acids is 1. The zero-order chi connectivity index (χ0) is 19.4. The first-order valence-electron chi connectivity index (χ1n) is 8.02. The molecule has 0 bridgehead atoms. The minimum absolute atomic E-state index is 0.158. The van der Waals surface area contributed by atoms with Crippen LogP contribution >= 0.6 is 11.6 Å². The van der Waals surface area contributed by atoms with Crippen molar-refractivity contribution in [3.63, 3.8) is 0 Å². The van der Waals surface area contributed by atoms with E-state index in [4.69, 9.17) is 16.3 Å². The lowest BCUT2D eigenvalue weighted by Gasteiger charge is -2.12. The largest absolute Gasteiger partial charge is 0.495 e. The smallest absolute Gasteiger partial charge is 0.337 e. The maximum atomic E-state index is 11.4. The van der Waals surface area contributed by atoms with Crippen LogP contribution in [0.2, 0.25) is 5.02 Å². The van der Waals surface area contributed by atoms with Gasteiger partial charge in [-0.2, -0.15) is 4.98 Å². The molecule has 0 atom stereocenters. The van der Waals surface area contributed by atoms with Crippen molar-refractivity contribution >= 4 is 40.7 Å². The van der Waals surface area contributed by atoms with Gasteiger partial charge in [-0.15, -0.1) is 0 Å². The average molecular weight is 385 g/mol. The second-order valence-corrected chi connectivity index (χ2v) is 6.08. The van der Waals surface area contributed by atoms with Crippen LogP contribution in [0.1, 0.15) is 16.1 Å². The van der Waals surface area contributed by atoms with Gasteiger partial charge in [-0.3, -0.25) is 0 Å². The highest BCUT2D eigenvalue weighted by Crippen LogP contribution is 2.28. The van der Waals surface area contributed by atoms with E-state index in [1.807, 2.05) is 6.92 Å². The molecule has 0 aliphatic rings. The summed E-state index contributed by atoms with van der Waals surface area (Å²) in [5.74, 6) is 0.375. The highest BCUT2D eigenvalue weighted by Gasteiger charge is 2.11. The van der Waals surface area contributed by atoms with Crippen LogP contribution in [0.3, 0.4) is 0 Å². The second-order valence-electron chi connectivity index (χ2n) is 5.67. The van der Waals surface area contributed by atoms with Crippen LogP contribution in [-0.4, -0.2) is 28.2 Å². The van der Waals surface area contributed by atoms with Crippen LogP contribution in [0.4, 0.5) is 23.1 Å². The van der Waals surface area contributed by atoms with Crippen LogP contribution in [0.5, 0.6) is 5.75 Å². The Morgan fingerprint density at radius 2 is 1.89 bits per heavy atom. The quantitative estimate of drug-likeness (QED) is 0.570. The van der Waals surface area contributed by atoms with E-state index in [1.54, 1.807) is 49.6 Å². The number of aromatic nitrogens is 2. The Hall–Kier alpha value is -3.32. The van der Waals surface area contributed by atoms with Crippen LogP contribution in [-0.2, 0) is 0 Å². The van der Waals surface area contributed by atoms with Gasteiger partial charge in [0, 0.05) is 17.4 Å². The number of halogens is 1. The fourth-order valence-corrected chi connectivity index (χ4v) is 2.74.